The number of methoxy groups -OCH3 is 2. The molecule has 1 saturated heterocycles. The van der Waals surface area contributed by atoms with Gasteiger partial charge < -0.3 is 19.3 Å². The van der Waals surface area contributed by atoms with E-state index in [4.69, 9.17) is 14.2 Å². The fourth-order valence-corrected chi connectivity index (χ4v) is 5.73. The van der Waals surface area contributed by atoms with Crippen LogP contribution in [0.2, 0.25) is 0 Å². The van der Waals surface area contributed by atoms with Crippen LogP contribution in [0.4, 0.5) is 0 Å². The summed E-state index contributed by atoms with van der Waals surface area (Å²) >= 11 is 0. The van der Waals surface area contributed by atoms with Crippen LogP contribution in [-0.4, -0.2) is 56.1 Å². The van der Waals surface area contributed by atoms with Crippen molar-refractivity contribution in [2.75, 3.05) is 27.4 Å². The zero-order chi connectivity index (χ0) is 19.3. The van der Waals surface area contributed by atoms with Crippen molar-refractivity contribution in [3.8, 4) is 0 Å². The molecule has 1 heterocycles. The number of ketones is 1. The van der Waals surface area contributed by atoms with E-state index in [1.165, 1.54) is 5.57 Å². The first-order valence-corrected chi connectivity index (χ1v) is 9.73. The van der Waals surface area contributed by atoms with Crippen molar-refractivity contribution < 1.29 is 24.1 Å². The van der Waals surface area contributed by atoms with E-state index in [2.05, 4.69) is 20.8 Å². The second-order valence-corrected chi connectivity index (χ2v) is 9.10. The van der Waals surface area contributed by atoms with E-state index in [1.54, 1.807) is 14.2 Å². The fourth-order valence-electron chi connectivity index (χ4n) is 5.73. The summed E-state index contributed by atoms with van der Waals surface area (Å²) < 4.78 is 17.4. The van der Waals surface area contributed by atoms with Gasteiger partial charge in [-0.15, -0.1) is 0 Å². The number of rotatable bonds is 2. The molecule has 0 amide bonds. The summed E-state index contributed by atoms with van der Waals surface area (Å²) in [5.41, 5.74) is -0.0440. The minimum absolute atomic E-state index is 0.0636. The van der Waals surface area contributed by atoms with Crippen molar-refractivity contribution in [1.29, 1.82) is 0 Å². The van der Waals surface area contributed by atoms with Crippen LogP contribution < -0.4 is 0 Å². The molecular weight excluding hydrogens is 332 g/mol. The highest BCUT2D eigenvalue weighted by atomic mass is 16.5. The van der Waals surface area contributed by atoms with Crippen molar-refractivity contribution in [2.24, 2.45) is 16.7 Å². The summed E-state index contributed by atoms with van der Waals surface area (Å²) in [6, 6.07) is 0. The summed E-state index contributed by atoms with van der Waals surface area (Å²) in [6.45, 7) is 9.20. The van der Waals surface area contributed by atoms with Crippen LogP contribution in [0.15, 0.2) is 11.1 Å². The molecule has 5 nitrogen and oxygen atoms in total. The van der Waals surface area contributed by atoms with Crippen LogP contribution in [0.25, 0.3) is 0 Å². The number of carbonyl (C=O) groups is 1. The van der Waals surface area contributed by atoms with E-state index in [1.807, 2.05) is 6.92 Å². The van der Waals surface area contributed by atoms with E-state index in [0.29, 0.717) is 32.5 Å². The Morgan fingerprint density at radius 1 is 1.19 bits per heavy atom. The minimum Gasteiger partial charge on any atom is -0.389 e. The molecule has 0 aromatic rings. The Labute approximate surface area is 157 Å². The summed E-state index contributed by atoms with van der Waals surface area (Å²) in [5, 5.41) is 11.8. The molecule has 5 heteroatoms. The lowest BCUT2D eigenvalue weighted by Gasteiger charge is -2.56. The average Bonchev–Trinajstić information content (AvgIpc) is 2.74. The predicted octanol–water partition coefficient (Wildman–Crippen LogP) is 2.90. The van der Waals surface area contributed by atoms with Gasteiger partial charge in [0.05, 0.1) is 23.7 Å². The zero-order valence-electron chi connectivity index (χ0n) is 17.1. The van der Waals surface area contributed by atoms with Gasteiger partial charge in [0.25, 0.3) is 0 Å². The Kier molecular flexibility index (Phi) is 5.15. The highest BCUT2D eigenvalue weighted by molar-refractivity contribution is 5.93. The van der Waals surface area contributed by atoms with E-state index in [0.717, 1.165) is 12.0 Å². The SMILES string of the molecule is COC1C(=O)C2(C)C(COCCC2OC)CC2(O)CCC(C)=C1C2(C)C. The third-order valence-electron chi connectivity index (χ3n) is 7.71. The molecule has 2 fully saturated rings. The molecule has 0 radical (unpaired) electrons. The van der Waals surface area contributed by atoms with Crippen molar-refractivity contribution in [1.82, 2.24) is 0 Å². The molecule has 2 aliphatic carbocycles. The number of allylic oxidation sites excluding steroid dienone is 1. The van der Waals surface area contributed by atoms with E-state index in [-0.39, 0.29) is 17.8 Å². The van der Waals surface area contributed by atoms with Gasteiger partial charge in [-0.3, -0.25) is 4.79 Å². The van der Waals surface area contributed by atoms with Crippen molar-refractivity contribution in [3.05, 3.63) is 11.1 Å². The first-order chi connectivity index (χ1) is 12.1. The van der Waals surface area contributed by atoms with Crippen LogP contribution in [0.1, 0.15) is 53.4 Å². The summed E-state index contributed by atoms with van der Waals surface area (Å²) in [6.07, 6.45) is 1.80. The molecule has 3 aliphatic rings. The van der Waals surface area contributed by atoms with Gasteiger partial charge in [0.2, 0.25) is 0 Å². The second kappa shape index (κ2) is 6.69. The van der Waals surface area contributed by atoms with Gasteiger partial charge in [-0.25, -0.2) is 0 Å². The number of aliphatic hydroxyl groups is 1. The number of hydrogen-bond donors (Lipinski definition) is 1. The van der Waals surface area contributed by atoms with E-state index < -0.39 is 22.5 Å². The van der Waals surface area contributed by atoms with Gasteiger partial charge >= 0.3 is 0 Å². The summed E-state index contributed by atoms with van der Waals surface area (Å²) in [7, 11) is 3.26. The van der Waals surface area contributed by atoms with Crippen LogP contribution in [0.3, 0.4) is 0 Å². The summed E-state index contributed by atoms with van der Waals surface area (Å²) in [4.78, 5) is 13.9. The molecule has 3 rings (SSSR count). The normalized spacial score (nSPS) is 43.3. The Morgan fingerprint density at radius 2 is 1.88 bits per heavy atom. The first kappa shape index (κ1) is 20.0. The van der Waals surface area contributed by atoms with Gasteiger partial charge in [0.1, 0.15) is 6.10 Å². The number of fused-ring (bicyclic) bond motifs is 3. The van der Waals surface area contributed by atoms with Crippen molar-refractivity contribution in [2.45, 2.75) is 71.2 Å². The molecule has 2 bridgehead atoms. The molecule has 26 heavy (non-hydrogen) atoms. The lowest BCUT2D eigenvalue weighted by Crippen LogP contribution is -2.62. The highest BCUT2D eigenvalue weighted by Crippen LogP contribution is 2.57. The maximum Gasteiger partial charge on any atom is 0.174 e. The highest BCUT2D eigenvalue weighted by Gasteiger charge is 2.61. The third-order valence-corrected chi connectivity index (χ3v) is 7.71. The molecule has 5 atom stereocenters. The smallest absolute Gasteiger partial charge is 0.174 e. The Balaban J connectivity index is 2.23. The standard InChI is InChI=1S/C21H34O5/c1-13-7-9-21(23)11-14-12-26-10-8-15(24-5)20(14,4)18(22)17(25-6)16(13)19(21,2)3/h14-15,17,23H,7-12H2,1-6H3. The predicted molar refractivity (Wildman–Crippen MR) is 98.9 cm³/mol. The topological polar surface area (TPSA) is 65.0 Å². The maximum atomic E-state index is 13.9. The van der Waals surface area contributed by atoms with E-state index in [9.17, 15) is 9.90 Å². The largest absolute Gasteiger partial charge is 0.389 e. The van der Waals surface area contributed by atoms with Crippen LogP contribution >= 0.6 is 0 Å². The molecule has 148 valence electrons. The molecule has 0 spiro atoms. The van der Waals surface area contributed by atoms with Crippen LogP contribution in [0.5, 0.6) is 0 Å². The Bertz CT molecular complexity index is 610. The lowest BCUT2D eigenvalue weighted by molar-refractivity contribution is -0.167. The third kappa shape index (κ3) is 2.62. The number of carbonyl (C=O) groups excluding carboxylic acids is 1. The minimum atomic E-state index is -0.892. The molecule has 0 aromatic heterocycles. The molecule has 1 aliphatic heterocycles. The molecule has 0 aromatic carbocycles. The van der Waals surface area contributed by atoms with Gasteiger partial charge in [-0.2, -0.15) is 0 Å². The van der Waals surface area contributed by atoms with Gasteiger partial charge in [-0.05, 0) is 51.0 Å². The van der Waals surface area contributed by atoms with Crippen molar-refractivity contribution >= 4 is 5.78 Å². The van der Waals surface area contributed by atoms with Crippen molar-refractivity contribution in [3.63, 3.8) is 0 Å². The quantitative estimate of drug-likeness (QED) is 0.761. The number of ether oxygens (including phenoxy) is 3. The van der Waals surface area contributed by atoms with Gasteiger partial charge in [0.15, 0.2) is 5.78 Å². The fraction of sp³-hybridized carbons (Fsp3) is 0.857. The average molecular weight is 366 g/mol. The van der Waals surface area contributed by atoms with Crippen LogP contribution in [-0.2, 0) is 19.0 Å². The van der Waals surface area contributed by atoms with Gasteiger partial charge in [-0.1, -0.05) is 19.4 Å². The molecular formula is C21H34O5. The second-order valence-electron chi connectivity index (χ2n) is 9.10. The molecule has 1 saturated carbocycles. The maximum absolute atomic E-state index is 13.9. The Hall–Kier alpha value is -0.750. The molecule has 5 unspecified atom stereocenters. The van der Waals surface area contributed by atoms with Crippen LogP contribution in [0, 0.1) is 16.7 Å². The van der Waals surface area contributed by atoms with Gasteiger partial charge in [0, 0.05) is 26.2 Å². The number of Topliss-reactive ketones (excluding diaryl/α,β-unsaturated/α-hetero) is 1. The number of hydrogen-bond acceptors (Lipinski definition) is 5. The van der Waals surface area contributed by atoms with E-state index >= 15 is 0 Å². The zero-order valence-corrected chi connectivity index (χ0v) is 17.1. The Morgan fingerprint density at radius 3 is 2.50 bits per heavy atom. The molecule has 1 N–H and O–H groups in total. The first-order valence-electron chi connectivity index (χ1n) is 9.73. The summed E-state index contributed by atoms with van der Waals surface area (Å²) in [5.74, 6) is -0.0435. The monoisotopic (exact) mass is 366 g/mol. The lowest BCUT2D eigenvalue weighted by atomic mass is 9.52.